The minimum Gasteiger partial charge on any atom is -0.506 e. The summed E-state index contributed by atoms with van der Waals surface area (Å²) in [5.74, 6) is 1.12. The average Bonchev–Trinajstić information content (AvgIpc) is 3.22. The molecule has 1 heterocycles. The number of anilines is 2. The summed E-state index contributed by atoms with van der Waals surface area (Å²) in [6.07, 6.45) is 1.14. The Hall–Kier alpha value is -2.97. The zero-order valence-corrected chi connectivity index (χ0v) is 20.4. The third-order valence-corrected chi connectivity index (χ3v) is 6.16. The van der Waals surface area contributed by atoms with Crippen LogP contribution in [0.15, 0.2) is 54.6 Å². The fourth-order valence-electron chi connectivity index (χ4n) is 3.73. The second-order valence-electron chi connectivity index (χ2n) is 7.90. The van der Waals surface area contributed by atoms with Gasteiger partial charge in [0.05, 0.1) is 5.69 Å². The van der Waals surface area contributed by atoms with E-state index in [1.165, 1.54) is 4.80 Å². The van der Waals surface area contributed by atoms with Gasteiger partial charge in [-0.05, 0) is 60.9 Å². The predicted octanol–water partition coefficient (Wildman–Crippen LogP) is 5.76. The van der Waals surface area contributed by atoms with Crippen LogP contribution in [0.25, 0.3) is 16.7 Å². The van der Waals surface area contributed by atoms with Gasteiger partial charge in [0, 0.05) is 29.7 Å². The lowest BCUT2D eigenvalue weighted by Crippen LogP contribution is -2.25. The molecule has 0 atom stereocenters. The Bertz CT molecular complexity index is 1260. The summed E-state index contributed by atoms with van der Waals surface area (Å²) in [6, 6.07) is 16.8. The van der Waals surface area contributed by atoms with Crippen molar-refractivity contribution in [3.05, 3.63) is 71.3 Å². The Morgan fingerprint density at radius 1 is 0.939 bits per heavy atom. The largest absolute Gasteiger partial charge is 0.506 e. The van der Waals surface area contributed by atoms with Crippen molar-refractivity contribution in [2.45, 2.75) is 38.2 Å². The molecule has 170 valence electrons. The maximum absolute atomic E-state index is 12.9. The first-order valence-corrected chi connectivity index (χ1v) is 12.0. The highest BCUT2D eigenvalue weighted by atomic mass is 32.1. The molecule has 6 nitrogen and oxygen atoms in total. The molecule has 4 rings (SSSR count). The van der Waals surface area contributed by atoms with E-state index in [4.69, 9.17) is 0 Å². The van der Waals surface area contributed by atoms with Crippen LogP contribution in [0.1, 0.15) is 36.5 Å². The lowest BCUT2D eigenvalue weighted by atomic mass is 10.1. The van der Waals surface area contributed by atoms with Gasteiger partial charge < -0.3 is 5.11 Å². The SMILES string of the molecule is CCCC(=O)N(c1ccc(C)cc1)c1ccc(-n2nc3cc(CS)c(CS)cc3n2)c(O)c1. The second-order valence-corrected chi connectivity index (χ2v) is 8.54. The summed E-state index contributed by atoms with van der Waals surface area (Å²) in [5.41, 5.74) is 6.42. The molecule has 0 saturated heterocycles. The van der Waals surface area contributed by atoms with Crippen molar-refractivity contribution in [3.8, 4) is 11.4 Å². The smallest absolute Gasteiger partial charge is 0.231 e. The lowest BCUT2D eigenvalue weighted by molar-refractivity contribution is -0.117. The highest BCUT2D eigenvalue weighted by Crippen LogP contribution is 2.33. The number of fused-ring (bicyclic) bond motifs is 1. The van der Waals surface area contributed by atoms with E-state index in [0.29, 0.717) is 40.3 Å². The van der Waals surface area contributed by atoms with Gasteiger partial charge in [-0.1, -0.05) is 24.6 Å². The highest BCUT2D eigenvalue weighted by molar-refractivity contribution is 7.79. The van der Waals surface area contributed by atoms with E-state index >= 15 is 0 Å². The fourth-order valence-corrected chi connectivity index (χ4v) is 4.32. The van der Waals surface area contributed by atoms with Crippen LogP contribution in [0.5, 0.6) is 5.75 Å². The van der Waals surface area contributed by atoms with Crippen LogP contribution < -0.4 is 4.90 Å². The minimum absolute atomic E-state index is 0.0157. The van der Waals surface area contributed by atoms with Crippen molar-refractivity contribution < 1.29 is 9.90 Å². The number of aromatic hydroxyl groups is 1. The van der Waals surface area contributed by atoms with Crippen molar-refractivity contribution in [2.24, 2.45) is 0 Å². The van der Waals surface area contributed by atoms with Gasteiger partial charge in [0.2, 0.25) is 5.91 Å². The minimum atomic E-state index is -0.0324. The summed E-state index contributed by atoms with van der Waals surface area (Å²) >= 11 is 8.78. The zero-order chi connectivity index (χ0) is 23.5. The number of phenolic OH excluding ortho intramolecular Hbond substituents is 1. The van der Waals surface area contributed by atoms with Crippen molar-refractivity contribution in [1.82, 2.24) is 15.0 Å². The number of nitrogens with zero attached hydrogens (tertiary/aromatic N) is 4. The highest BCUT2D eigenvalue weighted by Gasteiger charge is 2.20. The number of hydrogen-bond donors (Lipinski definition) is 3. The Morgan fingerprint density at radius 2 is 1.52 bits per heavy atom. The van der Waals surface area contributed by atoms with Crippen LogP contribution in [0.4, 0.5) is 11.4 Å². The molecule has 33 heavy (non-hydrogen) atoms. The predicted molar refractivity (Wildman–Crippen MR) is 139 cm³/mol. The topological polar surface area (TPSA) is 71.2 Å². The molecular weight excluding hydrogens is 452 g/mol. The van der Waals surface area contributed by atoms with E-state index in [1.807, 2.05) is 50.2 Å². The molecule has 3 aromatic carbocycles. The molecule has 1 amide bonds. The molecule has 0 unspecified atom stereocenters. The van der Waals surface area contributed by atoms with Gasteiger partial charge in [-0.2, -0.15) is 25.3 Å². The summed E-state index contributed by atoms with van der Waals surface area (Å²) in [5, 5.41) is 19.9. The van der Waals surface area contributed by atoms with E-state index in [0.717, 1.165) is 28.8 Å². The van der Waals surface area contributed by atoms with Crippen LogP contribution in [-0.4, -0.2) is 26.0 Å². The molecule has 0 aliphatic heterocycles. The number of benzene rings is 3. The number of hydrogen-bond acceptors (Lipinski definition) is 6. The van der Waals surface area contributed by atoms with Crippen LogP contribution in [0, 0.1) is 6.92 Å². The number of thiol groups is 2. The van der Waals surface area contributed by atoms with Crippen molar-refractivity contribution in [1.29, 1.82) is 0 Å². The van der Waals surface area contributed by atoms with Gasteiger partial charge in [-0.15, -0.1) is 15.0 Å². The first-order valence-electron chi connectivity index (χ1n) is 10.8. The quantitative estimate of drug-likeness (QED) is 0.295. The number of aryl methyl sites for hydroxylation is 1. The Balaban J connectivity index is 1.74. The van der Waals surface area contributed by atoms with Crippen LogP contribution >= 0.6 is 25.3 Å². The maximum atomic E-state index is 12.9. The number of carbonyl (C=O) groups excluding carboxylic acids is 1. The Labute approximate surface area is 204 Å². The molecule has 1 aromatic heterocycles. The van der Waals surface area contributed by atoms with Gasteiger partial charge >= 0.3 is 0 Å². The maximum Gasteiger partial charge on any atom is 0.231 e. The van der Waals surface area contributed by atoms with Gasteiger partial charge in [0.1, 0.15) is 22.5 Å². The summed E-state index contributed by atoms with van der Waals surface area (Å²) in [7, 11) is 0. The molecule has 1 N–H and O–H groups in total. The molecular formula is C25H26N4O2S2. The zero-order valence-electron chi connectivity index (χ0n) is 18.6. The Kier molecular flexibility index (Phi) is 6.95. The average molecular weight is 479 g/mol. The number of rotatable bonds is 7. The molecule has 0 aliphatic carbocycles. The molecule has 0 aliphatic rings. The number of aromatic nitrogens is 3. The van der Waals surface area contributed by atoms with Crippen LogP contribution in [0.2, 0.25) is 0 Å². The van der Waals surface area contributed by atoms with Crippen molar-refractivity contribution >= 4 is 53.6 Å². The van der Waals surface area contributed by atoms with E-state index in [-0.39, 0.29) is 11.7 Å². The van der Waals surface area contributed by atoms with Crippen LogP contribution in [0.3, 0.4) is 0 Å². The third-order valence-electron chi connectivity index (χ3n) is 5.48. The van der Waals surface area contributed by atoms with E-state index in [2.05, 4.69) is 35.5 Å². The molecule has 8 heteroatoms. The lowest BCUT2D eigenvalue weighted by Gasteiger charge is -2.23. The number of carbonyl (C=O) groups is 1. The van der Waals surface area contributed by atoms with Gasteiger partial charge in [0.15, 0.2) is 0 Å². The van der Waals surface area contributed by atoms with Gasteiger partial charge in [0.25, 0.3) is 0 Å². The fraction of sp³-hybridized carbons (Fsp3) is 0.240. The molecule has 4 aromatic rings. The molecule has 0 bridgehead atoms. The summed E-state index contributed by atoms with van der Waals surface area (Å²) < 4.78 is 0. The van der Waals surface area contributed by atoms with E-state index in [9.17, 15) is 9.90 Å². The van der Waals surface area contributed by atoms with E-state index in [1.54, 1.807) is 23.1 Å². The summed E-state index contributed by atoms with van der Waals surface area (Å²) in [6.45, 7) is 3.97. The second kappa shape index (κ2) is 9.89. The van der Waals surface area contributed by atoms with E-state index < -0.39 is 0 Å². The molecule has 0 radical (unpaired) electrons. The Morgan fingerprint density at radius 3 is 2.03 bits per heavy atom. The number of amides is 1. The first-order chi connectivity index (χ1) is 15.9. The molecule has 0 fully saturated rings. The monoisotopic (exact) mass is 478 g/mol. The van der Waals surface area contributed by atoms with Crippen molar-refractivity contribution in [2.75, 3.05) is 4.90 Å². The molecule has 0 spiro atoms. The standard InChI is InChI=1S/C25H26N4O2S2/c1-3-4-25(31)28(19-7-5-16(2)6-8-19)20-9-10-23(24(30)13-20)29-26-21-11-17(14-32)18(15-33)12-22(21)27-29/h5-13,30,32-33H,3-4,14-15H2,1-2H3. The van der Waals surface area contributed by atoms with Crippen LogP contribution in [-0.2, 0) is 16.3 Å². The van der Waals surface area contributed by atoms with Crippen molar-refractivity contribution in [3.63, 3.8) is 0 Å². The normalized spacial score (nSPS) is 11.2. The third kappa shape index (κ3) is 4.72. The molecule has 0 saturated carbocycles. The van der Waals surface area contributed by atoms with Gasteiger partial charge in [-0.3, -0.25) is 9.69 Å². The van der Waals surface area contributed by atoms with Gasteiger partial charge in [-0.25, -0.2) is 0 Å². The summed E-state index contributed by atoms with van der Waals surface area (Å²) in [4.78, 5) is 16.0. The number of phenols is 1. The first kappa shape index (κ1) is 23.2.